The van der Waals surface area contributed by atoms with E-state index in [0.717, 1.165) is 36.0 Å². The monoisotopic (exact) mass is 512 g/mol. The first-order valence-electron chi connectivity index (χ1n) is 11.9. The number of rotatable bonds is 9. The molecule has 2 aromatic carbocycles. The summed E-state index contributed by atoms with van der Waals surface area (Å²) in [6, 6.07) is 9.64. The lowest BCUT2D eigenvalue weighted by molar-refractivity contribution is -0.157. The number of benzene rings is 2. The third-order valence-electron chi connectivity index (χ3n) is 6.18. The second-order valence-electron chi connectivity index (χ2n) is 8.88. The zero-order valence-corrected chi connectivity index (χ0v) is 21.3. The maximum atomic E-state index is 14.3. The molecule has 3 aromatic rings. The molecule has 8 nitrogen and oxygen atoms in total. The van der Waals surface area contributed by atoms with Crippen LogP contribution in [0, 0.1) is 19.7 Å². The van der Waals surface area contributed by atoms with Crippen LogP contribution in [0.15, 0.2) is 36.4 Å². The number of carboxylic acids is 1. The van der Waals surface area contributed by atoms with Crippen LogP contribution in [0.25, 0.3) is 10.6 Å². The number of amides is 1. The molecule has 1 fully saturated rings. The topological polar surface area (TPSA) is 105 Å². The third-order valence-corrected chi connectivity index (χ3v) is 7.17. The number of hydrogen-bond donors (Lipinski definition) is 2. The van der Waals surface area contributed by atoms with Crippen LogP contribution in [0.4, 0.5) is 9.52 Å². The van der Waals surface area contributed by atoms with Gasteiger partial charge in [0.2, 0.25) is 5.13 Å². The standard InChI is InChI=1S/C26H29FN4O4S/c1-4-5-13-31(23(32)19-9-6-7-10-20(19)27)25-30-29-22(36-25)18-14-16(2)21(17(3)15-18)35-26(24(33)34)11-8-12-28-26/h6-7,9-10,14-15,28H,4-5,8,11-13H2,1-3H3,(H,33,34)/t26-/m0/s1. The van der Waals surface area contributed by atoms with E-state index in [9.17, 15) is 19.1 Å². The van der Waals surface area contributed by atoms with E-state index in [0.29, 0.717) is 35.4 Å². The number of carbonyl (C=O) groups is 2. The van der Waals surface area contributed by atoms with E-state index in [1.165, 1.54) is 28.4 Å². The molecule has 0 radical (unpaired) electrons. The summed E-state index contributed by atoms with van der Waals surface area (Å²) in [6.45, 7) is 6.70. The number of aliphatic carboxylic acids is 1. The Labute approximate surface area is 213 Å². The quantitative estimate of drug-likeness (QED) is 0.418. The molecule has 10 heteroatoms. The summed E-state index contributed by atoms with van der Waals surface area (Å²) < 4.78 is 20.3. The first kappa shape index (κ1) is 25.7. The molecule has 190 valence electrons. The summed E-state index contributed by atoms with van der Waals surface area (Å²) in [6.07, 6.45) is 2.69. The van der Waals surface area contributed by atoms with Crippen LogP contribution in [0.3, 0.4) is 0 Å². The molecule has 1 saturated heterocycles. The van der Waals surface area contributed by atoms with Gasteiger partial charge in [-0.2, -0.15) is 0 Å². The Morgan fingerprint density at radius 2 is 1.94 bits per heavy atom. The molecular weight excluding hydrogens is 483 g/mol. The number of nitrogens with zero attached hydrogens (tertiary/aromatic N) is 3. The number of ether oxygens (including phenoxy) is 1. The Hall–Kier alpha value is -3.37. The largest absolute Gasteiger partial charge is 0.477 e. The number of halogens is 1. The number of carbonyl (C=O) groups excluding carboxylic acids is 1. The zero-order chi connectivity index (χ0) is 25.9. The molecule has 1 atom stereocenters. The Bertz CT molecular complexity index is 1250. The maximum absolute atomic E-state index is 14.3. The average molecular weight is 513 g/mol. The van der Waals surface area contributed by atoms with Gasteiger partial charge in [-0.3, -0.25) is 15.0 Å². The molecule has 0 saturated carbocycles. The van der Waals surface area contributed by atoms with Gasteiger partial charge in [0, 0.05) is 18.5 Å². The van der Waals surface area contributed by atoms with Crippen LogP contribution in [-0.2, 0) is 4.79 Å². The predicted octanol–water partition coefficient (Wildman–Crippen LogP) is 4.95. The van der Waals surface area contributed by atoms with Gasteiger partial charge in [-0.25, -0.2) is 9.18 Å². The van der Waals surface area contributed by atoms with Gasteiger partial charge in [-0.05, 0) is 68.6 Å². The van der Waals surface area contributed by atoms with E-state index in [1.54, 1.807) is 12.1 Å². The highest BCUT2D eigenvalue weighted by Crippen LogP contribution is 2.36. The number of unbranched alkanes of at least 4 members (excludes halogenated alkanes) is 1. The maximum Gasteiger partial charge on any atom is 0.363 e. The zero-order valence-electron chi connectivity index (χ0n) is 20.5. The van der Waals surface area contributed by atoms with Crippen LogP contribution in [-0.4, -0.2) is 46.0 Å². The van der Waals surface area contributed by atoms with Crippen molar-refractivity contribution in [2.75, 3.05) is 18.0 Å². The van der Waals surface area contributed by atoms with E-state index in [1.807, 2.05) is 32.9 Å². The van der Waals surface area contributed by atoms with Gasteiger partial charge in [-0.1, -0.05) is 36.8 Å². The van der Waals surface area contributed by atoms with Gasteiger partial charge in [0.15, 0.2) is 0 Å². The lowest BCUT2D eigenvalue weighted by Crippen LogP contribution is -2.52. The number of nitrogens with one attached hydrogen (secondary N) is 1. The highest BCUT2D eigenvalue weighted by Gasteiger charge is 2.44. The van der Waals surface area contributed by atoms with Crippen LogP contribution in [0.5, 0.6) is 5.75 Å². The van der Waals surface area contributed by atoms with E-state index < -0.39 is 23.4 Å². The lowest BCUT2D eigenvalue weighted by atomic mass is 10.0. The van der Waals surface area contributed by atoms with Crippen LogP contribution >= 0.6 is 11.3 Å². The fourth-order valence-corrected chi connectivity index (χ4v) is 5.12. The minimum absolute atomic E-state index is 0.00794. The Kier molecular flexibility index (Phi) is 7.65. The van der Waals surface area contributed by atoms with Gasteiger partial charge in [0.25, 0.3) is 11.6 Å². The molecule has 0 unspecified atom stereocenters. The molecule has 1 amide bonds. The van der Waals surface area contributed by atoms with E-state index in [4.69, 9.17) is 4.74 Å². The molecular formula is C26H29FN4O4S. The van der Waals surface area contributed by atoms with Crippen molar-refractivity contribution in [2.45, 2.75) is 52.2 Å². The Balaban J connectivity index is 1.63. The number of carboxylic acid groups (broad SMARTS) is 1. The minimum atomic E-state index is -1.43. The molecule has 4 rings (SSSR count). The molecule has 1 aliphatic rings. The van der Waals surface area contributed by atoms with E-state index in [2.05, 4.69) is 15.5 Å². The normalized spacial score (nSPS) is 17.2. The van der Waals surface area contributed by atoms with Crippen LogP contribution < -0.4 is 15.0 Å². The number of aryl methyl sites for hydroxylation is 2. The summed E-state index contributed by atoms with van der Waals surface area (Å²) in [4.78, 5) is 26.5. The summed E-state index contributed by atoms with van der Waals surface area (Å²) in [5.41, 5.74) is 0.868. The number of hydrogen-bond acceptors (Lipinski definition) is 7. The van der Waals surface area contributed by atoms with E-state index in [-0.39, 0.29) is 5.56 Å². The molecule has 36 heavy (non-hydrogen) atoms. The van der Waals surface area contributed by atoms with Gasteiger partial charge >= 0.3 is 5.97 Å². The SMILES string of the molecule is CCCCN(C(=O)c1ccccc1F)c1nnc(-c2cc(C)c(O[C@]3(C(=O)O)CCCN3)c(C)c2)s1. The highest BCUT2D eigenvalue weighted by molar-refractivity contribution is 7.18. The van der Waals surface area contributed by atoms with Crippen molar-refractivity contribution in [3.63, 3.8) is 0 Å². The molecule has 2 N–H and O–H groups in total. The molecule has 1 aliphatic heterocycles. The van der Waals surface area contributed by atoms with Crippen LogP contribution in [0.2, 0.25) is 0 Å². The van der Waals surface area contributed by atoms with Crippen molar-refractivity contribution in [3.8, 4) is 16.3 Å². The third kappa shape index (κ3) is 5.10. The molecule has 0 spiro atoms. The van der Waals surface area contributed by atoms with Crippen molar-refractivity contribution in [2.24, 2.45) is 0 Å². The van der Waals surface area contributed by atoms with Crippen molar-refractivity contribution in [3.05, 3.63) is 58.9 Å². The van der Waals surface area contributed by atoms with Crippen molar-refractivity contribution >= 4 is 28.3 Å². The summed E-state index contributed by atoms with van der Waals surface area (Å²) >= 11 is 1.25. The molecule has 1 aromatic heterocycles. The average Bonchev–Trinajstić information content (AvgIpc) is 3.53. The summed E-state index contributed by atoms with van der Waals surface area (Å²) in [7, 11) is 0. The highest BCUT2D eigenvalue weighted by atomic mass is 32.1. The number of aromatic nitrogens is 2. The fraction of sp³-hybridized carbons (Fsp3) is 0.385. The van der Waals surface area contributed by atoms with E-state index >= 15 is 0 Å². The van der Waals surface area contributed by atoms with Gasteiger partial charge in [0.1, 0.15) is 16.6 Å². The fourth-order valence-electron chi connectivity index (χ4n) is 4.26. The van der Waals surface area contributed by atoms with Crippen molar-refractivity contribution < 1.29 is 23.8 Å². The second kappa shape index (κ2) is 10.7. The Morgan fingerprint density at radius 3 is 2.56 bits per heavy atom. The van der Waals surface area contributed by atoms with Gasteiger partial charge < -0.3 is 9.84 Å². The summed E-state index contributed by atoms with van der Waals surface area (Å²) in [5.74, 6) is -1.56. The van der Waals surface area contributed by atoms with Gasteiger partial charge in [-0.15, -0.1) is 10.2 Å². The lowest BCUT2D eigenvalue weighted by Gasteiger charge is -2.28. The second-order valence-corrected chi connectivity index (χ2v) is 9.84. The van der Waals surface area contributed by atoms with Crippen molar-refractivity contribution in [1.29, 1.82) is 0 Å². The van der Waals surface area contributed by atoms with Gasteiger partial charge in [0.05, 0.1) is 5.56 Å². The molecule has 0 aliphatic carbocycles. The summed E-state index contributed by atoms with van der Waals surface area (Å²) in [5, 5.41) is 22.3. The number of anilines is 1. The molecule has 2 heterocycles. The Morgan fingerprint density at radius 1 is 1.22 bits per heavy atom. The molecule has 0 bridgehead atoms. The first-order chi connectivity index (χ1) is 17.3. The minimum Gasteiger partial charge on any atom is -0.477 e. The smallest absolute Gasteiger partial charge is 0.363 e. The first-order valence-corrected chi connectivity index (χ1v) is 12.8. The van der Waals surface area contributed by atoms with Crippen molar-refractivity contribution in [1.82, 2.24) is 15.5 Å². The van der Waals surface area contributed by atoms with Crippen LogP contribution in [0.1, 0.15) is 54.1 Å². The predicted molar refractivity (Wildman–Crippen MR) is 136 cm³/mol.